The van der Waals surface area contributed by atoms with E-state index >= 15 is 0 Å². The molecule has 1 aromatic carbocycles. The molecule has 0 saturated heterocycles. The SMILES string of the molecule is O=[N+]([O-])c1ccc(C(F)(F)F)c(-c2ncc[nH]2)c1. The summed E-state index contributed by atoms with van der Waals surface area (Å²) in [5, 5.41) is 10.6. The highest BCUT2D eigenvalue weighted by molar-refractivity contribution is 5.64. The number of rotatable bonds is 2. The Labute approximate surface area is 98.4 Å². The van der Waals surface area contributed by atoms with Crippen molar-refractivity contribution in [3.63, 3.8) is 0 Å². The molecule has 0 unspecified atom stereocenters. The second-order valence-corrected chi connectivity index (χ2v) is 3.42. The predicted molar refractivity (Wildman–Crippen MR) is 55.7 cm³/mol. The van der Waals surface area contributed by atoms with Crippen LogP contribution >= 0.6 is 0 Å². The van der Waals surface area contributed by atoms with Gasteiger partial charge < -0.3 is 4.98 Å². The number of benzene rings is 1. The molecule has 0 saturated carbocycles. The van der Waals surface area contributed by atoms with Gasteiger partial charge in [-0.2, -0.15) is 13.2 Å². The van der Waals surface area contributed by atoms with Crippen molar-refractivity contribution in [2.75, 3.05) is 0 Å². The fourth-order valence-corrected chi connectivity index (χ4v) is 1.50. The molecule has 18 heavy (non-hydrogen) atoms. The number of aromatic nitrogens is 2. The minimum Gasteiger partial charge on any atom is -0.345 e. The molecule has 0 aliphatic carbocycles. The summed E-state index contributed by atoms with van der Waals surface area (Å²) >= 11 is 0. The monoisotopic (exact) mass is 257 g/mol. The van der Waals surface area contributed by atoms with E-state index in [4.69, 9.17) is 0 Å². The van der Waals surface area contributed by atoms with Crippen LogP contribution in [0, 0.1) is 10.1 Å². The smallest absolute Gasteiger partial charge is 0.345 e. The van der Waals surface area contributed by atoms with Crippen LogP contribution in [0.2, 0.25) is 0 Å². The van der Waals surface area contributed by atoms with Gasteiger partial charge >= 0.3 is 6.18 Å². The average Bonchev–Trinajstić information content (AvgIpc) is 2.80. The van der Waals surface area contributed by atoms with Crippen LogP contribution in [0.25, 0.3) is 11.4 Å². The van der Waals surface area contributed by atoms with E-state index < -0.39 is 22.4 Å². The highest BCUT2D eigenvalue weighted by Crippen LogP contribution is 2.37. The zero-order valence-corrected chi connectivity index (χ0v) is 8.73. The van der Waals surface area contributed by atoms with Crippen molar-refractivity contribution in [3.05, 3.63) is 46.3 Å². The lowest BCUT2D eigenvalue weighted by molar-refractivity contribution is -0.384. The van der Waals surface area contributed by atoms with Gasteiger partial charge in [0.25, 0.3) is 5.69 Å². The van der Waals surface area contributed by atoms with Crippen molar-refractivity contribution in [1.29, 1.82) is 0 Å². The molecule has 0 radical (unpaired) electrons. The molecule has 94 valence electrons. The van der Waals surface area contributed by atoms with E-state index in [0.717, 1.165) is 12.1 Å². The lowest BCUT2D eigenvalue weighted by Crippen LogP contribution is -2.08. The summed E-state index contributed by atoms with van der Waals surface area (Å²) in [4.78, 5) is 16.0. The van der Waals surface area contributed by atoms with Crippen LogP contribution in [0.15, 0.2) is 30.6 Å². The molecule has 1 aromatic heterocycles. The predicted octanol–water partition coefficient (Wildman–Crippen LogP) is 3.00. The van der Waals surface area contributed by atoms with Crippen LogP contribution in [0.1, 0.15) is 5.56 Å². The van der Waals surface area contributed by atoms with E-state index in [1.54, 1.807) is 0 Å². The Bertz CT molecular complexity index is 579. The van der Waals surface area contributed by atoms with Crippen LogP contribution in [0.5, 0.6) is 0 Å². The maximum Gasteiger partial charge on any atom is 0.417 e. The van der Waals surface area contributed by atoms with Crippen LogP contribution in [-0.2, 0) is 6.18 Å². The van der Waals surface area contributed by atoms with E-state index in [1.807, 2.05) is 0 Å². The minimum atomic E-state index is -4.60. The molecule has 0 aliphatic rings. The molecule has 0 fully saturated rings. The standard InChI is InChI=1S/C10H6F3N3O2/c11-10(12,13)8-2-1-6(16(17)18)5-7(8)9-14-3-4-15-9/h1-5H,(H,14,15). The molecule has 8 heteroatoms. The Kier molecular flexibility index (Phi) is 2.77. The van der Waals surface area contributed by atoms with Gasteiger partial charge in [0.1, 0.15) is 5.82 Å². The number of nitrogens with zero attached hydrogens (tertiary/aromatic N) is 2. The fourth-order valence-electron chi connectivity index (χ4n) is 1.50. The normalized spacial score (nSPS) is 11.5. The Morgan fingerprint density at radius 2 is 2.06 bits per heavy atom. The second-order valence-electron chi connectivity index (χ2n) is 3.42. The van der Waals surface area contributed by atoms with E-state index in [-0.39, 0.29) is 11.4 Å². The van der Waals surface area contributed by atoms with Crippen molar-refractivity contribution in [3.8, 4) is 11.4 Å². The molecule has 0 amide bonds. The summed E-state index contributed by atoms with van der Waals surface area (Å²) in [5.41, 5.74) is -1.74. The van der Waals surface area contributed by atoms with Gasteiger partial charge in [-0.1, -0.05) is 0 Å². The van der Waals surface area contributed by atoms with Gasteiger partial charge in [0.15, 0.2) is 0 Å². The number of nitro benzene ring substituents is 1. The first kappa shape index (κ1) is 12.1. The Hall–Kier alpha value is -2.38. The van der Waals surface area contributed by atoms with E-state index in [1.165, 1.54) is 12.4 Å². The molecular formula is C10H6F3N3O2. The molecule has 2 aromatic rings. The molecule has 5 nitrogen and oxygen atoms in total. The lowest BCUT2D eigenvalue weighted by atomic mass is 10.1. The number of hydrogen-bond donors (Lipinski definition) is 1. The van der Waals surface area contributed by atoms with Crippen molar-refractivity contribution in [1.82, 2.24) is 9.97 Å². The zero-order chi connectivity index (χ0) is 13.3. The first-order valence-corrected chi connectivity index (χ1v) is 4.75. The van der Waals surface area contributed by atoms with Gasteiger partial charge in [0.2, 0.25) is 0 Å². The molecule has 0 bridgehead atoms. The highest BCUT2D eigenvalue weighted by atomic mass is 19.4. The summed E-state index contributed by atoms with van der Waals surface area (Å²) in [6, 6.07) is 2.34. The molecule has 0 spiro atoms. The van der Waals surface area contributed by atoms with Crippen LogP contribution in [0.4, 0.5) is 18.9 Å². The summed E-state index contributed by atoms with van der Waals surface area (Å²) in [6.07, 6.45) is -1.99. The van der Waals surface area contributed by atoms with E-state index in [9.17, 15) is 23.3 Å². The topological polar surface area (TPSA) is 71.8 Å². The number of nitrogens with one attached hydrogen (secondary N) is 1. The maximum atomic E-state index is 12.8. The van der Waals surface area contributed by atoms with Gasteiger partial charge in [-0.05, 0) is 6.07 Å². The van der Waals surface area contributed by atoms with Crippen LogP contribution < -0.4 is 0 Å². The number of halogens is 3. The maximum absolute atomic E-state index is 12.8. The Morgan fingerprint density at radius 3 is 2.56 bits per heavy atom. The number of non-ortho nitro benzene ring substituents is 1. The van der Waals surface area contributed by atoms with Gasteiger partial charge in [0.05, 0.1) is 10.5 Å². The largest absolute Gasteiger partial charge is 0.417 e. The average molecular weight is 257 g/mol. The lowest BCUT2D eigenvalue weighted by Gasteiger charge is -2.10. The summed E-state index contributed by atoms with van der Waals surface area (Å²) in [6.45, 7) is 0. The van der Waals surface area contributed by atoms with Crippen molar-refractivity contribution in [2.45, 2.75) is 6.18 Å². The first-order chi connectivity index (χ1) is 8.39. The molecule has 1 heterocycles. The number of alkyl halides is 3. The number of hydrogen-bond acceptors (Lipinski definition) is 3. The summed E-state index contributed by atoms with van der Waals surface area (Å²) in [5.74, 6) is -0.0639. The number of H-pyrrole nitrogens is 1. The summed E-state index contributed by atoms with van der Waals surface area (Å²) < 4.78 is 38.3. The van der Waals surface area contributed by atoms with Crippen molar-refractivity contribution >= 4 is 5.69 Å². The van der Waals surface area contributed by atoms with Crippen molar-refractivity contribution in [2.24, 2.45) is 0 Å². The van der Waals surface area contributed by atoms with Crippen molar-refractivity contribution < 1.29 is 18.1 Å². The summed E-state index contributed by atoms with van der Waals surface area (Å²) in [7, 11) is 0. The van der Waals surface area contributed by atoms with Gasteiger partial charge in [-0.3, -0.25) is 10.1 Å². The third-order valence-electron chi connectivity index (χ3n) is 2.27. The van der Waals surface area contributed by atoms with Gasteiger partial charge in [-0.25, -0.2) is 4.98 Å². The molecule has 0 atom stereocenters. The third kappa shape index (κ3) is 2.17. The molecule has 1 N–H and O–H groups in total. The molecular weight excluding hydrogens is 251 g/mol. The zero-order valence-electron chi connectivity index (χ0n) is 8.73. The number of nitro groups is 1. The van der Waals surface area contributed by atoms with E-state index in [0.29, 0.717) is 6.07 Å². The van der Waals surface area contributed by atoms with E-state index in [2.05, 4.69) is 9.97 Å². The fraction of sp³-hybridized carbons (Fsp3) is 0.100. The molecule has 2 rings (SSSR count). The third-order valence-corrected chi connectivity index (χ3v) is 2.27. The second kappa shape index (κ2) is 4.13. The Morgan fingerprint density at radius 1 is 1.33 bits per heavy atom. The molecule has 0 aliphatic heterocycles. The van der Waals surface area contributed by atoms with Crippen LogP contribution in [-0.4, -0.2) is 14.9 Å². The number of imidazole rings is 1. The van der Waals surface area contributed by atoms with Gasteiger partial charge in [0, 0.05) is 30.1 Å². The van der Waals surface area contributed by atoms with Crippen LogP contribution in [0.3, 0.4) is 0 Å². The Balaban J connectivity index is 2.65. The quantitative estimate of drug-likeness (QED) is 0.664. The van der Waals surface area contributed by atoms with Gasteiger partial charge in [-0.15, -0.1) is 0 Å². The minimum absolute atomic E-state index is 0.0639. The highest BCUT2D eigenvalue weighted by Gasteiger charge is 2.35. The first-order valence-electron chi connectivity index (χ1n) is 4.75. The number of aromatic amines is 1.